The Morgan fingerprint density at radius 2 is 2.06 bits per heavy atom. The molecule has 1 saturated heterocycles. The molecule has 0 bridgehead atoms. The van der Waals surface area contributed by atoms with Crippen molar-refractivity contribution in [2.45, 2.75) is 6.54 Å². The van der Waals surface area contributed by atoms with Gasteiger partial charge in [-0.3, -0.25) is 24.5 Å². The van der Waals surface area contributed by atoms with Crippen LogP contribution in [0.15, 0.2) is 6.20 Å². The molecule has 8 heteroatoms. The van der Waals surface area contributed by atoms with Gasteiger partial charge in [0.15, 0.2) is 0 Å². The van der Waals surface area contributed by atoms with E-state index in [4.69, 9.17) is 5.11 Å². The van der Waals surface area contributed by atoms with Crippen LogP contribution in [-0.2, 0) is 23.2 Å². The van der Waals surface area contributed by atoms with Crippen molar-refractivity contribution < 1.29 is 19.5 Å². The minimum atomic E-state index is -1.08. The third-order valence-electron chi connectivity index (χ3n) is 2.68. The van der Waals surface area contributed by atoms with Crippen molar-refractivity contribution >= 4 is 17.8 Å². The van der Waals surface area contributed by atoms with E-state index in [1.807, 2.05) is 0 Å². The van der Waals surface area contributed by atoms with E-state index >= 15 is 0 Å². The van der Waals surface area contributed by atoms with Crippen molar-refractivity contribution in [3.63, 3.8) is 0 Å². The van der Waals surface area contributed by atoms with Gasteiger partial charge in [-0.1, -0.05) is 0 Å². The number of amides is 2. The van der Waals surface area contributed by atoms with E-state index < -0.39 is 5.97 Å². The number of carbonyl (C=O) groups excluding carboxylic acids is 2. The quantitative estimate of drug-likeness (QED) is 0.639. The predicted molar refractivity (Wildman–Crippen MR) is 58.6 cm³/mol. The highest BCUT2D eigenvalue weighted by molar-refractivity contribution is 5.99. The smallest absolute Gasteiger partial charge is 0.339 e. The first kappa shape index (κ1) is 12.2. The zero-order chi connectivity index (χ0) is 13.3. The summed E-state index contributed by atoms with van der Waals surface area (Å²) in [6.45, 7) is 0.323. The van der Waals surface area contributed by atoms with E-state index in [2.05, 4.69) is 10.4 Å². The monoisotopic (exact) mass is 252 g/mol. The van der Waals surface area contributed by atoms with Crippen LogP contribution in [0.4, 0.5) is 0 Å². The number of carboxylic acids is 1. The second kappa shape index (κ2) is 4.57. The number of nitrogens with zero attached hydrogens (tertiary/aromatic N) is 3. The van der Waals surface area contributed by atoms with Crippen LogP contribution in [0.5, 0.6) is 0 Å². The van der Waals surface area contributed by atoms with Gasteiger partial charge in [0.1, 0.15) is 5.56 Å². The van der Waals surface area contributed by atoms with Crippen molar-refractivity contribution in [3.05, 3.63) is 17.5 Å². The highest BCUT2D eigenvalue weighted by Crippen LogP contribution is 2.11. The molecule has 0 aromatic carbocycles. The summed E-state index contributed by atoms with van der Waals surface area (Å²) in [6.07, 6.45) is 1.25. The minimum absolute atomic E-state index is 0.0655. The fraction of sp³-hybridized carbons (Fsp3) is 0.400. The number of aromatic carboxylic acids is 1. The van der Waals surface area contributed by atoms with Gasteiger partial charge in [0, 0.05) is 13.6 Å². The Hall–Kier alpha value is -2.22. The first-order valence-corrected chi connectivity index (χ1v) is 5.26. The molecule has 2 N–H and O–H groups in total. The number of aryl methyl sites for hydroxylation is 1. The number of hydrogen-bond donors (Lipinski definition) is 2. The van der Waals surface area contributed by atoms with E-state index in [0.717, 1.165) is 0 Å². The Balaban J connectivity index is 2.18. The molecule has 8 nitrogen and oxygen atoms in total. The summed E-state index contributed by atoms with van der Waals surface area (Å²) in [5, 5.41) is 15.0. The van der Waals surface area contributed by atoms with E-state index in [9.17, 15) is 14.4 Å². The predicted octanol–water partition coefficient (Wildman–Crippen LogP) is -1.42. The van der Waals surface area contributed by atoms with Gasteiger partial charge in [0.05, 0.1) is 25.0 Å². The number of carbonyl (C=O) groups is 3. The second-order valence-electron chi connectivity index (χ2n) is 4.05. The van der Waals surface area contributed by atoms with Gasteiger partial charge in [0.25, 0.3) is 0 Å². The molecule has 0 saturated carbocycles. The molecule has 2 rings (SSSR count). The Morgan fingerprint density at radius 3 is 2.61 bits per heavy atom. The second-order valence-corrected chi connectivity index (χ2v) is 4.05. The van der Waals surface area contributed by atoms with Crippen molar-refractivity contribution in [2.24, 2.45) is 7.05 Å². The number of rotatable bonds is 3. The van der Waals surface area contributed by atoms with Crippen molar-refractivity contribution in [2.75, 3.05) is 13.1 Å². The third kappa shape index (κ3) is 2.38. The normalized spacial score (nSPS) is 16.7. The summed E-state index contributed by atoms with van der Waals surface area (Å²) in [5.41, 5.74) is 0.543. The average molecular weight is 252 g/mol. The lowest BCUT2D eigenvalue weighted by Crippen LogP contribution is -2.51. The van der Waals surface area contributed by atoms with Gasteiger partial charge in [-0.15, -0.1) is 0 Å². The Bertz CT molecular complexity index is 506. The topological polar surface area (TPSA) is 105 Å². The molecule has 1 aliphatic rings. The highest BCUT2D eigenvalue weighted by atomic mass is 16.4. The maximum absolute atomic E-state index is 11.2. The van der Waals surface area contributed by atoms with Crippen LogP contribution in [0.25, 0.3) is 0 Å². The number of hydrogen-bond acceptors (Lipinski definition) is 5. The largest absolute Gasteiger partial charge is 0.478 e. The van der Waals surface area contributed by atoms with Gasteiger partial charge in [-0.25, -0.2) is 4.79 Å². The maximum atomic E-state index is 11.2. The molecule has 96 valence electrons. The Morgan fingerprint density at radius 1 is 1.44 bits per heavy atom. The van der Waals surface area contributed by atoms with Crippen LogP contribution in [0.1, 0.15) is 16.1 Å². The SMILES string of the molecule is Cn1ncc(C(=O)O)c1CN1CC(=O)NC(=O)C1. The van der Waals surface area contributed by atoms with Crippen LogP contribution in [-0.4, -0.2) is 50.7 Å². The molecule has 0 radical (unpaired) electrons. The molecule has 18 heavy (non-hydrogen) atoms. The first-order chi connectivity index (χ1) is 8.47. The lowest BCUT2D eigenvalue weighted by atomic mass is 10.2. The molecule has 0 atom stereocenters. The van der Waals surface area contributed by atoms with Gasteiger partial charge >= 0.3 is 5.97 Å². The molecule has 1 aromatic rings. The molecular weight excluding hydrogens is 240 g/mol. The van der Waals surface area contributed by atoms with E-state index in [1.54, 1.807) is 11.9 Å². The lowest BCUT2D eigenvalue weighted by Gasteiger charge is -2.25. The molecule has 0 spiro atoms. The number of aromatic nitrogens is 2. The van der Waals surface area contributed by atoms with Gasteiger partial charge in [-0.2, -0.15) is 5.10 Å². The Kier molecular flexibility index (Phi) is 3.11. The number of nitrogens with one attached hydrogen (secondary N) is 1. The fourth-order valence-corrected chi connectivity index (χ4v) is 1.85. The molecule has 1 fully saturated rings. The van der Waals surface area contributed by atoms with Gasteiger partial charge in [-0.05, 0) is 0 Å². The Labute approximate surface area is 102 Å². The standard InChI is InChI=1S/C10H12N4O4/c1-13-7(6(2-11-13)10(17)18)3-14-4-8(15)12-9(16)5-14/h2H,3-5H2,1H3,(H,17,18)(H,12,15,16). The molecule has 2 amide bonds. The van der Waals surface area contributed by atoms with Crippen molar-refractivity contribution in [3.8, 4) is 0 Å². The van der Waals surface area contributed by atoms with Crippen LogP contribution in [0, 0.1) is 0 Å². The van der Waals surface area contributed by atoms with Gasteiger partial charge in [0.2, 0.25) is 11.8 Å². The first-order valence-electron chi connectivity index (χ1n) is 5.26. The average Bonchev–Trinajstić information content (AvgIpc) is 2.59. The zero-order valence-corrected chi connectivity index (χ0v) is 9.71. The van der Waals surface area contributed by atoms with E-state index in [-0.39, 0.29) is 37.0 Å². The molecule has 1 aromatic heterocycles. The van der Waals surface area contributed by atoms with E-state index in [1.165, 1.54) is 10.9 Å². The maximum Gasteiger partial charge on any atom is 0.339 e. The number of imide groups is 1. The fourth-order valence-electron chi connectivity index (χ4n) is 1.85. The van der Waals surface area contributed by atoms with Crippen molar-refractivity contribution in [1.82, 2.24) is 20.0 Å². The van der Waals surface area contributed by atoms with E-state index in [0.29, 0.717) is 5.69 Å². The van der Waals surface area contributed by atoms with Gasteiger partial charge < -0.3 is 5.11 Å². The number of carboxylic acid groups (broad SMARTS) is 1. The molecular formula is C10H12N4O4. The van der Waals surface area contributed by atoms with Crippen LogP contribution >= 0.6 is 0 Å². The minimum Gasteiger partial charge on any atom is -0.478 e. The number of piperazine rings is 1. The van der Waals surface area contributed by atoms with Crippen LogP contribution in [0.3, 0.4) is 0 Å². The summed E-state index contributed by atoms with van der Waals surface area (Å²) in [4.78, 5) is 35.0. The molecule has 0 unspecified atom stereocenters. The molecule has 0 aliphatic carbocycles. The lowest BCUT2D eigenvalue weighted by molar-refractivity contribution is -0.136. The summed E-state index contributed by atoms with van der Waals surface area (Å²) in [6, 6.07) is 0. The summed E-state index contributed by atoms with van der Waals surface area (Å²) in [5.74, 6) is -1.85. The summed E-state index contributed by atoms with van der Waals surface area (Å²) >= 11 is 0. The van der Waals surface area contributed by atoms with Crippen LogP contribution in [0.2, 0.25) is 0 Å². The molecule has 1 aliphatic heterocycles. The summed E-state index contributed by atoms with van der Waals surface area (Å²) < 4.78 is 1.43. The van der Waals surface area contributed by atoms with Crippen molar-refractivity contribution in [1.29, 1.82) is 0 Å². The zero-order valence-electron chi connectivity index (χ0n) is 9.71. The third-order valence-corrected chi connectivity index (χ3v) is 2.68. The highest BCUT2D eigenvalue weighted by Gasteiger charge is 2.25. The van der Waals surface area contributed by atoms with Crippen LogP contribution < -0.4 is 5.32 Å². The summed E-state index contributed by atoms with van der Waals surface area (Å²) in [7, 11) is 1.62. The molecule has 2 heterocycles.